The van der Waals surface area contributed by atoms with Crippen molar-refractivity contribution in [2.45, 2.75) is 37.8 Å². The van der Waals surface area contributed by atoms with Crippen molar-refractivity contribution in [1.29, 1.82) is 0 Å². The normalized spacial score (nSPS) is 25.5. The molecule has 1 aromatic rings. The van der Waals surface area contributed by atoms with E-state index in [-0.39, 0.29) is 5.60 Å². The highest BCUT2D eigenvalue weighted by Gasteiger charge is 2.41. The first-order valence-electron chi connectivity index (χ1n) is 6.92. The summed E-state index contributed by atoms with van der Waals surface area (Å²) in [5.74, 6) is 1.05. The predicted molar refractivity (Wildman–Crippen MR) is 70.9 cm³/mol. The summed E-state index contributed by atoms with van der Waals surface area (Å²) in [6.07, 6.45) is 3.06. The molecule has 0 aromatic heterocycles. The molecule has 2 aliphatic heterocycles. The lowest BCUT2D eigenvalue weighted by atomic mass is 9.82. The summed E-state index contributed by atoms with van der Waals surface area (Å²) in [4.78, 5) is 0. The summed E-state index contributed by atoms with van der Waals surface area (Å²) >= 11 is 0. The maximum Gasteiger partial charge on any atom is 0.124 e. The van der Waals surface area contributed by atoms with Gasteiger partial charge in [-0.15, -0.1) is 0 Å². The Morgan fingerprint density at radius 1 is 1.28 bits per heavy atom. The molecule has 3 heteroatoms. The third-order valence-electron chi connectivity index (χ3n) is 4.05. The summed E-state index contributed by atoms with van der Waals surface area (Å²) in [5.41, 5.74) is 1.29. The van der Waals surface area contributed by atoms with Crippen molar-refractivity contribution < 1.29 is 9.47 Å². The quantitative estimate of drug-likeness (QED) is 0.871. The van der Waals surface area contributed by atoms with E-state index in [2.05, 4.69) is 36.5 Å². The summed E-state index contributed by atoms with van der Waals surface area (Å²) in [6, 6.07) is 8.83. The molecule has 0 bridgehead atoms. The first-order valence-corrected chi connectivity index (χ1v) is 6.92. The molecule has 1 fully saturated rings. The number of hydrogen-bond donors (Lipinski definition) is 1. The first-order chi connectivity index (χ1) is 8.83. The van der Waals surface area contributed by atoms with Gasteiger partial charge in [0.1, 0.15) is 11.4 Å². The highest BCUT2D eigenvalue weighted by atomic mass is 16.5. The van der Waals surface area contributed by atoms with E-state index in [0.29, 0.717) is 6.04 Å². The average molecular weight is 247 g/mol. The van der Waals surface area contributed by atoms with Crippen LogP contribution in [0, 0.1) is 0 Å². The van der Waals surface area contributed by atoms with Crippen molar-refractivity contribution in [1.82, 2.24) is 5.32 Å². The van der Waals surface area contributed by atoms with Gasteiger partial charge in [-0.05, 0) is 12.6 Å². The summed E-state index contributed by atoms with van der Waals surface area (Å²) in [5, 5.41) is 3.59. The van der Waals surface area contributed by atoms with Crippen molar-refractivity contribution in [2.75, 3.05) is 19.8 Å². The van der Waals surface area contributed by atoms with Crippen LogP contribution in [0.5, 0.6) is 5.75 Å². The van der Waals surface area contributed by atoms with Gasteiger partial charge in [0.15, 0.2) is 0 Å². The molecule has 0 aliphatic carbocycles. The fourth-order valence-electron chi connectivity index (χ4n) is 3.10. The van der Waals surface area contributed by atoms with Crippen LogP contribution in [0.4, 0.5) is 0 Å². The minimum Gasteiger partial charge on any atom is -0.487 e. The lowest BCUT2D eigenvalue weighted by Gasteiger charge is -2.44. The smallest absolute Gasteiger partial charge is 0.124 e. The van der Waals surface area contributed by atoms with Gasteiger partial charge in [-0.1, -0.05) is 25.1 Å². The second-order valence-electron chi connectivity index (χ2n) is 5.25. The Morgan fingerprint density at radius 3 is 2.83 bits per heavy atom. The lowest BCUT2D eigenvalue weighted by molar-refractivity contribution is -0.0644. The maximum absolute atomic E-state index is 6.32. The number of nitrogens with one attached hydrogen (secondary N) is 1. The molecule has 3 nitrogen and oxygen atoms in total. The Morgan fingerprint density at radius 2 is 2.06 bits per heavy atom. The Labute approximate surface area is 108 Å². The largest absolute Gasteiger partial charge is 0.487 e. The van der Waals surface area contributed by atoms with E-state index < -0.39 is 0 Å². The number of benzene rings is 1. The van der Waals surface area contributed by atoms with E-state index in [0.717, 1.165) is 44.8 Å². The average Bonchev–Trinajstić information content (AvgIpc) is 2.40. The Balaban J connectivity index is 1.91. The maximum atomic E-state index is 6.32. The fraction of sp³-hybridized carbons (Fsp3) is 0.600. The molecule has 0 saturated carbocycles. The molecule has 1 N–H and O–H groups in total. The van der Waals surface area contributed by atoms with Crippen LogP contribution in [0.25, 0.3) is 0 Å². The van der Waals surface area contributed by atoms with Gasteiger partial charge in [0.2, 0.25) is 0 Å². The second kappa shape index (κ2) is 4.90. The predicted octanol–water partition coefficient (Wildman–Crippen LogP) is 2.67. The molecule has 3 rings (SSSR count). The zero-order valence-corrected chi connectivity index (χ0v) is 10.9. The van der Waals surface area contributed by atoms with Gasteiger partial charge in [0, 0.05) is 30.9 Å². The van der Waals surface area contributed by atoms with Gasteiger partial charge in [-0.2, -0.15) is 0 Å². The Bertz CT molecular complexity index is 413. The zero-order valence-electron chi connectivity index (χ0n) is 10.9. The molecule has 1 atom stereocenters. The first kappa shape index (κ1) is 12.0. The van der Waals surface area contributed by atoms with Crippen LogP contribution < -0.4 is 10.1 Å². The number of para-hydroxylation sites is 1. The standard InChI is InChI=1S/C15H21NO2/c1-2-16-13-11-15(7-9-17-10-8-15)18-14-6-4-3-5-12(13)14/h3-6,13,16H,2,7-11H2,1H3. The van der Waals surface area contributed by atoms with Crippen molar-refractivity contribution in [3.8, 4) is 5.75 Å². The van der Waals surface area contributed by atoms with Crippen molar-refractivity contribution in [3.05, 3.63) is 29.8 Å². The van der Waals surface area contributed by atoms with E-state index >= 15 is 0 Å². The van der Waals surface area contributed by atoms with Gasteiger partial charge >= 0.3 is 0 Å². The van der Waals surface area contributed by atoms with Crippen LogP contribution in [0.3, 0.4) is 0 Å². The van der Waals surface area contributed by atoms with E-state index in [1.807, 2.05) is 0 Å². The van der Waals surface area contributed by atoms with E-state index in [1.54, 1.807) is 0 Å². The minimum absolute atomic E-state index is 0.0144. The van der Waals surface area contributed by atoms with Gasteiger partial charge in [-0.25, -0.2) is 0 Å². The SMILES string of the molecule is CCNC1CC2(CCOCC2)Oc2ccccc21. The lowest BCUT2D eigenvalue weighted by Crippen LogP contribution is -2.47. The van der Waals surface area contributed by atoms with E-state index in [9.17, 15) is 0 Å². The van der Waals surface area contributed by atoms with E-state index in [4.69, 9.17) is 9.47 Å². The summed E-state index contributed by atoms with van der Waals surface area (Å²) < 4.78 is 11.8. The molecule has 2 heterocycles. The number of hydrogen-bond acceptors (Lipinski definition) is 3. The molecular weight excluding hydrogens is 226 g/mol. The van der Waals surface area contributed by atoms with Gasteiger partial charge in [0.05, 0.1) is 13.2 Å². The van der Waals surface area contributed by atoms with Crippen molar-refractivity contribution in [2.24, 2.45) is 0 Å². The number of ether oxygens (including phenoxy) is 2. The summed E-state index contributed by atoms with van der Waals surface area (Å²) in [6.45, 7) is 4.79. The van der Waals surface area contributed by atoms with Crippen LogP contribution in [0.2, 0.25) is 0 Å². The van der Waals surface area contributed by atoms with Gasteiger partial charge in [-0.3, -0.25) is 0 Å². The summed E-state index contributed by atoms with van der Waals surface area (Å²) in [7, 11) is 0. The molecule has 18 heavy (non-hydrogen) atoms. The van der Waals surface area contributed by atoms with Gasteiger partial charge < -0.3 is 14.8 Å². The third kappa shape index (κ3) is 2.13. The highest BCUT2D eigenvalue weighted by molar-refractivity contribution is 5.39. The molecule has 1 saturated heterocycles. The third-order valence-corrected chi connectivity index (χ3v) is 4.05. The van der Waals surface area contributed by atoms with Crippen LogP contribution in [-0.2, 0) is 4.74 Å². The molecule has 1 aromatic carbocycles. The molecule has 0 amide bonds. The van der Waals surface area contributed by atoms with Crippen LogP contribution in [-0.4, -0.2) is 25.4 Å². The minimum atomic E-state index is -0.0144. The monoisotopic (exact) mass is 247 g/mol. The van der Waals surface area contributed by atoms with Crippen molar-refractivity contribution >= 4 is 0 Å². The number of rotatable bonds is 2. The molecular formula is C15H21NO2. The molecule has 98 valence electrons. The topological polar surface area (TPSA) is 30.5 Å². The fourth-order valence-corrected chi connectivity index (χ4v) is 3.10. The molecule has 1 unspecified atom stereocenters. The molecule has 1 spiro atoms. The highest BCUT2D eigenvalue weighted by Crippen LogP contribution is 2.43. The Kier molecular flexibility index (Phi) is 3.27. The van der Waals surface area contributed by atoms with E-state index in [1.165, 1.54) is 5.56 Å². The molecule has 2 aliphatic rings. The Hall–Kier alpha value is -1.06. The van der Waals surface area contributed by atoms with Crippen LogP contribution >= 0.6 is 0 Å². The zero-order chi connectivity index (χ0) is 12.4. The van der Waals surface area contributed by atoms with Crippen molar-refractivity contribution in [3.63, 3.8) is 0 Å². The number of fused-ring (bicyclic) bond motifs is 1. The van der Waals surface area contributed by atoms with Crippen LogP contribution in [0.1, 0.15) is 37.8 Å². The second-order valence-corrected chi connectivity index (χ2v) is 5.25. The van der Waals surface area contributed by atoms with Crippen LogP contribution in [0.15, 0.2) is 24.3 Å². The molecule has 0 radical (unpaired) electrons. The van der Waals surface area contributed by atoms with Gasteiger partial charge in [0.25, 0.3) is 0 Å².